The maximum absolute atomic E-state index is 14.4. The molecule has 1 aromatic heterocycles. The van der Waals surface area contributed by atoms with E-state index in [-0.39, 0.29) is 17.2 Å². The predicted molar refractivity (Wildman–Crippen MR) is 107 cm³/mol. The van der Waals surface area contributed by atoms with E-state index in [0.29, 0.717) is 17.4 Å². The second-order valence-corrected chi connectivity index (χ2v) is 9.28. The number of anilines is 1. The second kappa shape index (κ2) is 9.00. The summed E-state index contributed by atoms with van der Waals surface area (Å²) in [7, 11) is -4.29. The zero-order valence-electron chi connectivity index (χ0n) is 15.5. The highest BCUT2D eigenvalue weighted by Crippen LogP contribution is 2.35. The summed E-state index contributed by atoms with van der Waals surface area (Å²) in [5, 5.41) is 0.760. The number of alkyl halides is 3. The fourth-order valence-corrected chi connectivity index (χ4v) is 4.61. The lowest BCUT2D eigenvalue weighted by atomic mass is 10.1. The smallest absolute Gasteiger partial charge is 0.348 e. The van der Waals surface area contributed by atoms with E-state index in [1.165, 1.54) is 0 Å². The SMILES string of the molecule is O=C(NCc1ccc(C(F)(F)F)c(Cl)c1)c1ccc(S(=O)(=O)Nc2ncc(F)s2)cc1F. The van der Waals surface area contributed by atoms with E-state index in [0.717, 1.165) is 36.5 Å². The summed E-state index contributed by atoms with van der Waals surface area (Å²) in [6, 6.07) is 5.35. The minimum Gasteiger partial charge on any atom is -0.348 e. The van der Waals surface area contributed by atoms with E-state index < -0.39 is 54.1 Å². The van der Waals surface area contributed by atoms with Crippen molar-refractivity contribution in [3.8, 4) is 0 Å². The molecule has 3 aromatic rings. The molecular formula is C18H11ClF5N3O3S2. The highest BCUT2D eigenvalue weighted by molar-refractivity contribution is 7.93. The van der Waals surface area contributed by atoms with Crippen LogP contribution in [0.5, 0.6) is 0 Å². The van der Waals surface area contributed by atoms with E-state index in [4.69, 9.17) is 11.6 Å². The predicted octanol–water partition coefficient (Wildman–Crippen LogP) is 4.82. The van der Waals surface area contributed by atoms with Crippen molar-refractivity contribution >= 4 is 44.0 Å². The first kappa shape index (κ1) is 23.9. The van der Waals surface area contributed by atoms with Crippen molar-refractivity contribution in [2.75, 3.05) is 4.72 Å². The van der Waals surface area contributed by atoms with Crippen LogP contribution in [0.1, 0.15) is 21.5 Å². The number of benzene rings is 2. The number of thiazole rings is 1. The number of hydrogen-bond donors (Lipinski definition) is 2. The Hall–Kier alpha value is -2.77. The summed E-state index contributed by atoms with van der Waals surface area (Å²) in [6.45, 7) is -0.257. The first-order valence-electron chi connectivity index (χ1n) is 8.44. The standard InChI is InChI=1S/C18H11ClF5N3O3S2/c19-13-5-9(1-4-12(13)18(22,23)24)7-25-16(28)11-3-2-10(6-14(11)20)32(29,30)27-17-26-8-15(21)31-17/h1-6,8H,7H2,(H,25,28)(H,26,27). The Balaban J connectivity index is 1.71. The number of carbonyl (C=O) groups excluding carboxylic acids is 1. The van der Waals surface area contributed by atoms with Crippen LogP contribution in [0.25, 0.3) is 0 Å². The summed E-state index contributed by atoms with van der Waals surface area (Å²) < 4.78 is 92.0. The van der Waals surface area contributed by atoms with Gasteiger partial charge in [-0.15, -0.1) is 0 Å². The Morgan fingerprint density at radius 2 is 1.84 bits per heavy atom. The molecule has 3 rings (SSSR count). The molecule has 0 bridgehead atoms. The van der Waals surface area contributed by atoms with E-state index in [1.807, 2.05) is 4.72 Å². The number of halogens is 6. The van der Waals surface area contributed by atoms with E-state index >= 15 is 0 Å². The number of aromatic nitrogens is 1. The minimum atomic E-state index is -4.63. The normalized spacial score (nSPS) is 11.9. The number of nitrogens with zero attached hydrogens (tertiary/aromatic N) is 1. The zero-order chi connectivity index (χ0) is 23.7. The van der Waals surface area contributed by atoms with Crippen LogP contribution in [0.4, 0.5) is 27.1 Å². The monoisotopic (exact) mass is 511 g/mol. The lowest BCUT2D eigenvalue weighted by molar-refractivity contribution is -0.137. The van der Waals surface area contributed by atoms with Crippen molar-refractivity contribution in [1.29, 1.82) is 0 Å². The molecular weight excluding hydrogens is 501 g/mol. The first-order chi connectivity index (χ1) is 14.9. The number of carbonyl (C=O) groups is 1. The molecule has 0 aliphatic rings. The molecule has 0 radical (unpaired) electrons. The largest absolute Gasteiger partial charge is 0.417 e. The molecule has 2 N–H and O–H groups in total. The molecule has 0 unspecified atom stereocenters. The van der Waals surface area contributed by atoms with Gasteiger partial charge in [-0.1, -0.05) is 29.0 Å². The molecule has 0 saturated heterocycles. The lowest BCUT2D eigenvalue weighted by Crippen LogP contribution is -2.24. The van der Waals surface area contributed by atoms with Gasteiger partial charge in [-0.3, -0.25) is 9.52 Å². The fraction of sp³-hybridized carbons (Fsp3) is 0.111. The average molecular weight is 512 g/mol. The van der Waals surface area contributed by atoms with Gasteiger partial charge in [-0.2, -0.15) is 17.6 Å². The summed E-state index contributed by atoms with van der Waals surface area (Å²) >= 11 is 6.04. The van der Waals surface area contributed by atoms with E-state index in [1.54, 1.807) is 0 Å². The van der Waals surface area contributed by atoms with Gasteiger partial charge in [0.05, 0.1) is 27.2 Å². The number of rotatable bonds is 6. The highest BCUT2D eigenvalue weighted by Gasteiger charge is 2.33. The molecule has 170 valence electrons. The van der Waals surface area contributed by atoms with Crippen molar-refractivity contribution in [3.05, 3.63) is 75.3 Å². The van der Waals surface area contributed by atoms with Gasteiger partial charge in [0.15, 0.2) is 10.3 Å². The molecule has 2 aromatic carbocycles. The first-order valence-corrected chi connectivity index (χ1v) is 11.1. The Morgan fingerprint density at radius 1 is 1.12 bits per heavy atom. The maximum atomic E-state index is 14.4. The molecule has 32 heavy (non-hydrogen) atoms. The molecule has 0 spiro atoms. The molecule has 0 aliphatic heterocycles. The number of nitrogens with one attached hydrogen (secondary N) is 2. The van der Waals surface area contributed by atoms with Crippen LogP contribution in [0, 0.1) is 10.9 Å². The molecule has 0 atom stereocenters. The van der Waals surface area contributed by atoms with Crippen molar-refractivity contribution in [3.63, 3.8) is 0 Å². The third kappa shape index (κ3) is 5.53. The van der Waals surface area contributed by atoms with Crippen molar-refractivity contribution in [1.82, 2.24) is 10.3 Å². The summed E-state index contributed by atoms with van der Waals surface area (Å²) in [6.07, 6.45) is -3.83. The Labute approximate surface area is 187 Å². The average Bonchev–Trinajstić information content (AvgIpc) is 3.09. The van der Waals surface area contributed by atoms with E-state index in [9.17, 15) is 35.2 Å². The Morgan fingerprint density at radius 3 is 2.41 bits per heavy atom. The van der Waals surface area contributed by atoms with Crippen LogP contribution in [-0.2, 0) is 22.7 Å². The summed E-state index contributed by atoms with van der Waals surface area (Å²) in [5.74, 6) is -2.10. The van der Waals surface area contributed by atoms with Gasteiger partial charge in [0.2, 0.25) is 0 Å². The zero-order valence-corrected chi connectivity index (χ0v) is 17.9. The lowest BCUT2D eigenvalue weighted by Gasteiger charge is -2.11. The van der Waals surface area contributed by atoms with Gasteiger partial charge >= 0.3 is 6.18 Å². The molecule has 14 heteroatoms. The second-order valence-electron chi connectivity index (χ2n) is 6.21. The molecule has 0 saturated carbocycles. The van der Waals surface area contributed by atoms with Gasteiger partial charge in [0.1, 0.15) is 5.82 Å². The summed E-state index contributed by atoms with van der Waals surface area (Å²) in [4.78, 5) is 15.2. The van der Waals surface area contributed by atoms with Crippen LogP contribution in [0.2, 0.25) is 5.02 Å². The van der Waals surface area contributed by atoms with Gasteiger partial charge in [0.25, 0.3) is 15.9 Å². The van der Waals surface area contributed by atoms with Crippen LogP contribution < -0.4 is 10.0 Å². The quantitative estimate of drug-likeness (QED) is 0.464. The minimum absolute atomic E-state index is 0.232. The van der Waals surface area contributed by atoms with Crippen molar-refractivity contribution < 1.29 is 35.2 Å². The van der Waals surface area contributed by atoms with Crippen LogP contribution in [0.15, 0.2) is 47.5 Å². The number of amides is 1. The Bertz CT molecular complexity index is 1280. The molecule has 6 nitrogen and oxygen atoms in total. The van der Waals surface area contributed by atoms with Gasteiger partial charge in [-0.25, -0.2) is 17.8 Å². The van der Waals surface area contributed by atoms with Crippen LogP contribution in [0.3, 0.4) is 0 Å². The maximum Gasteiger partial charge on any atom is 0.417 e. The molecule has 1 heterocycles. The third-order valence-corrected chi connectivity index (χ3v) is 6.47. The fourth-order valence-electron chi connectivity index (χ4n) is 2.50. The van der Waals surface area contributed by atoms with Gasteiger partial charge in [-0.05, 0) is 35.9 Å². The topological polar surface area (TPSA) is 88.2 Å². The van der Waals surface area contributed by atoms with Crippen LogP contribution in [-0.4, -0.2) is 19.3 Å². The Kier molecular flexibility index (Phi) is 6.72. The molecule has 0 fully saturated rings. The van der Waals surface area contributed by atoms with Crippen LogP contribution >= 0.6 is 22.9 Å². The van der Waals surface area contributed by atoms with Crippen molar-refractivity contribution in [2.24, 2.45) is 0 Å². The summed E-state index contributed by atoms with van der Waals surface area (Å²) in [5.41, 5.74) is -1.30. The molecule has 1 amide bonds. The number of hydrogen-bond acceptors (Lipinski definition) is 5. The highest BCUT2D eigenvalue weighted by atomic mass is 35.5. The van der Waals surface area contributed by atoms with Gasteiger partial charge in [0, 0.05) is 6.54 Å². The number of sulfonamides is 1. The van der Waals surface area contributed by atoms with E-state index in [2.05, 4.69) is 10.3 Å². The van der Waals surface area contributed by atoms with Gasteiger partial charge < -0.3 is 5.32 Å². The molecule has 0 aliphatic carbocycles. The van der Waals surface area contributed by atoms with Crippen molar-refractivity contribution in [2.45, 2.75) is 17.6 Å². The third-order valence-electron chi connectivity index (χ3n) is 3.99.